The van der Waals surface area contributed by atoms with E-state index in [9.17, 15) is 8.42 Å². The molecule has 26 heavy (non-hydrogen) atoms. The average molecular weight is 500 g/mol. The molecule has 0 aromatic rings. The largest absolute Gasteiger partial charge is 0.356 e. The molecule has 0 unspecified atom stereocenters. The molecular weight excluding hydrogens is 463 g/mol. The third kappa shape index (κ3) is 7.88. The number of sulfone groups is 1. The van der Waals surface area contributed by atoms with Gasteiger partial charge in [-0.15, -0.1) is 24.0 Å². The fraction of sp³-hybridized carbons (Fsp3) is 0.944. The van der Waals surface area contributed by atoms with Gasteiger partial charge >= 0.3 is 0 Å². The Morgan fingerprint density at radius 2 is 1.77 bits per heavy atom. The van der Waals surface area contributed by atoms with Gasteiger partial charge in [0.05, 0.1) is 11.5 Å². The molecule has 0 bridgehead atoms. The monoisotopic (exact) mass is 500 g/mol. The lowest BCUT2D eigenvalue weighted by Gasteiger charge is -2.32. The van der Waals surface area contributed by atoms with Crippen molar-refractivity contribution in [3.8, 4) is 0 Å². The standard InChI is InChI=1S/C18H36N4O2S.HI/c1-16(2)14-18(6-4-5-7-18)15-21-17(19-3)20-8-9-22-10-12-25(23,24)13-11-22;/h16H,4-15H2,1-3H3,(H2,19,20,21);1H. The van der Waals surface area contributed by atoms with Gasteiger partial charge < -0.3 is 10.6 Å². The average Bonchev–Trinajstić information content (AvgIpc) is 3.00. The van der Waals surface area contributed by atoms with Crippen LogP contribution in [0.1, 0.15) is 46.0 Å². The second-order valence-electron chi connectivity index (χ2n) is 8.15. The molecule has 1 saturated carbocycles. The number of hydrogen-bond donors (Lipinski definition) is 2. The molecule has 1 saturated heterocycles. The van der Waals surface area contributed by atoms with E-state index >= 15 is 0 Å². The summed E-state index contributed by atoms with van der Waals surface area (Å²) in [6.45, 7) is 8.55. The van der Waals surface area contributed by atoms with E-state index < -0.39 is 9.84 Å². The van der Waals surface area contributed by atoms with Crippen LogP contribution in [0, 0.1) is 11.3 Å². The van der Waals surface area contributed by atoms with Crippen LogP contribution in [-0.2, 0) is 9.84 Å². The molecule has 1 aliphatic carbocycles. The lowest BCUT2D eigenvalue weighted by Crippen LogP contribution is -2.47. The van der Waals surface area contributed by atoms with Gasteiger partial charge in [0.25, 0.3) is 0 Å². The molecule has 0 radical (unpaired) electrons. The van der Waals surface area contributed by atoms with Crippen LogP contribution in [0.25, 0.3) is 0 Å². The van der Waals surface area contributed by atoms with Crippen molar-refractivity contribution < 1.29 is 8.42 Å². The zero-order chi connectivity index (χ0) is 18.3. The molecule has 154 valence electrons. The van der Waals surface area contributed by atoms with Crippen molar-refractivity contribution in [2.24, 2.45) is 16.3 Å². The number of halogens is 1. The molecule has 2 N–H and O–H groups in total. The zero-order valence-electron chi connectivity index (χ0n) is 16.6. The highest BCUT2D eigenvalue weighted by molar-refractivity contribution is 14.0. The van der Waals surface area contributed by atoms with Gasteiger partial charge in [0, 0.05) is 39.8 Å². The van der Waals surface area contributed by atoms with Crippen LogP contribution >= 0.6 is 24.0 Å². The highest BCUT2D eigenvalue weighted by Gasteiger charge is 2.34. The Morgan fingerprint density at radius 1 is 1.15 bits per heavy atom. The number of aliphatic imine (C=N–C) groups is 1. The van der Waals surface area contributed by atoms with Gasteiger partial charge in [0.15, 0.2) is 15.8 Å². The first kappa shape index (κ1) is 23.9. The number of rotatable bonds is 7. The number of hydrogen-bond acceptors (Lipinski definition) is 4. The summed E-state index contributed by atoms with van der Waals surface area (Å²) in [6.07, 6.45) is 6.60. The molecule has 1 aliphatic heterocycles. The summed E-state index contributed by atoms with van der Waals surface area (Å²) in [5.74, 6) is 2.17. The fourth-order valence-corrected chi connectivity index (χ4v) is 5.52. The molecule has 0 atom stereocenters. The van der Waals surface area contributed by atoms with Crippen LogP contribution in [-0.4, -0.2) is 70.6 Å². The van der Waals surface area contributed by atoms with Crippen molar-refractivity contribution in [2.75, 3.05) is 51.3 Å². The molecule has 2 fully saturated rings. The van der Waals surface area contributed by atoms with Gasteiger partial charge in [0.2, 0.25) is 0 Å². The fourth-order valence-electron chi connectivity index (χ4n) is 4.24. The van der Waals surface area contributed by atoms with Crippen LogP contribution in [0.4, 0.5) is 0 Å². The van der Waals surface area contributed by atoms with Gasteiger partial charge in [-0.25, -0.2) is 8.42 Å². The van der Waals surface area contributed by atoms with Crippen LogP contribution in [0.3, 0.4) is 0 Å². The van der Waals surface area contributed by atoms with E-state index in [2.05, 4.69) is 34.4 Å². The van der Waals surface area contributed by atoms with Crippen molar-refractivity contribution in [1.82, 2.24) is 15.5 Å². The first-order chi connectivity index (χ1) is 11.8. The Bertz CT molecular complexity index is 531. The lowest BCUT2D eigenvalue weighted by atomic mass is 9.78. The van der Waals surface area contributed by atoms with Crippen LogP contribution < -0.4 is 10.6 Å². The van der Waals surface area contributed by atoms with Crippen molar-refractivity contribution in [1.29, 1.82) is 0 Å². The minimum atomic E-state index is -2.79. The summed E-state index contributed by atoms with van der Waals surface area (Å²) in [7, 11) is -0.983. The predicted molar refractivity (Wildman–Crippen MR) is 120 cm³/mol. The predicted octanol–water partition coefficient (Wildman–Crippen LogP) is 2.11. The molecule has 2 rings (SSSR count). The molecule has 8 heteroatoms. The van der Waals surface area contributed by atoms with Gasteiger partial charge in [-0.05, 0) is 30.6 Å². The van der Waals surface area contributed by atoms with E-state index in [0.29, 0.717) is 18.5 Å². The molecule has 1 heterocycles. The zero-order valence-corrected chi connectivity index (χ0v) is 19.7. The highest BCUT2D eigenvalue weighted by Crippen LogP contribution is 2.42. The summed E-state index contributed by atoms with van der Waals surface area (Å²) < 4.78 is 22.9. The summed E-state index contributed by atoms with van der Waals surface area (Å²) in [6, 6.07) is 0. The third-order valence-corrected chi connectivity index (χ3v) is 7.13. The molecule has 0 aromatic heterocycles. The van der Waals surface area contributed by atoms with E-state index in [1.807, 2.05) is 7.05 Å². The topological polar surface area (TPSA) is 73.8 Å². The number of guanidine groups is 1. The van der Waals surface area contributed by atoms with E-state index in [0.717, 1.165) is 31.5 Å². The number of nitrogens with zero attached hydrogens (tertiary/aromatic N) is 2. The minimum absolute atomic E-state index is 0. The van der Waals surface area contributed by atoms with Crippen molar-refractivity contribution >= 4 is 39.8 Å². The summed E-state index contributed by atoms with van der Waals surface area (Å²) >= 11 is 0. The Balaban J connectivity index is 0.00000338. The first-order valence-electron chi connectivity index (χ1n) is 9.71. The summed E-state index contributed by atoms with van der Waals surface area (Å²) in [4.78, 5) is 6.55. The van der Waals surface area contributed by atoms with Crippen molar-refractivity contribution in [2.45, 2.75) is 46.0 Å². The normalized spacial score (nSPS) is 22.8. The van der Waals surface area contributed by atoms with Gasteiger partial charge in [-0.3, -0.25) is 9.89 Å². The van der Waals surface area contributed by atoms with E-state index in [4.69, 9.17) is 0 Å². The quantitative estimate of drug-likeness (QED) is 0.318. The Labute approximate surface area is 176 Å². The smallest absolute Gasteiger partial charge is 0.191 e. The number of nitrogens with one attached hydrogen (secondary N) is 2. The molecule has 6 nitrogen and oxygen atoms in total. The highest BCUT2D eigenvalue weighted by atomic mass is 127. The van der Waals surface area contributed by atoms with Gasteiger partial charge in [-0.1, -0.05) is 26.7 Å². The maximum absolute atomic E-state index is 11.5. The summed E-state index contributed by atoms with van der Waals surface area (Å²) in [5, 5.41) is 6.91. The van der Waals surface area contributed by atoms with Gasteiger partial charge in [0.1, 0.15) is 0 Å². The van der Waals surface area contributed by atoms with E-state index in [-0.39, 0.29) is 35.5 Å². The maximum Gasteiger partial charge on any atom is 0.191 e. The van der Waals surface area contributed by atoms with Crippen molar-refractivity contribution in [3.05, 3.63) is 0 Å². The van der Waals surface area contributed by atoms with E-state index in [1.54, 1.807) is 0 Å². The SMILES string of the molecule is CN=C(NCCN1CCS(=O)(=O)CC1)NCC1(CC(C)C)CCCC1.I. The second kappa shape index (κ2) is 11.0. The Hall–Kier alpha value is -0.0900. The summed E-state index contributed by atoms with van der Waals surface area (Å²) in [5.41, 5.74) is 0.424. The lowest BCUT2D eigenvalue weighted by molar-refractivity contribution is 0.234. The molecule has 0 aromatic carbocycles. The maximum atomic E-state index is 11.5. The molecule has 2 aliphatic rings. The van der Waals surface area contributed by atoms with Gasteiger partial charge in [-0.2, -0.15) is 0 Å². The second-order valence-corrected chi connectivity index (χ2v) is 10.5. The molecule has 0 amide bonds. The van der Waals surface area contributed by atoms with Crippen LogP contribution in [0.15, 0.2) is 4.99 Å². The minimum Gasteiger partial charge on any atom is -0.356 e. The first-order valence-corrected chi connectivity index (χ1v) is 11.5. The van der Waals surface area contributed by atoms with Crippen molar-refractivity contribution in [3.63, 3.8) is 0 Å². The van der Waals surface area contributed by atoms with E-state index in [1.165, 1.54) is 32.1 Å². The van der Waals surface area contributed by atoms with Crippen LogP contribution in [0.5, 0.6) is 0 Å². The third-order valence-electron chi connectivity index (χ3n) is 5.52. The Morgan fingerprint density at radius 3 is 2.31 bits per heavy atom. The van der Waals surface area contributed by atoms with Crippen LogP contribution in [0.2, 0.25) is 0 Å². The molecule has 0 spiro atoms. The molecular formula is C18H37IN4O2S. The Kier molecular flexibility index (Phi) is 10.2.